The lowest BCUT2D eigenvalue weighted by Gasteiger charge is -2.28. The van der Waals surface area contributed by atoms with Crippen molar-refractivity contribution in [2.75, 3.05) is 26.4 Å². The third kappa shape index (κ3) is 9.47. The predicted molar refractivity (Wildman–Crippen MR) is 170 cm³/mol. The molecule has 1 saturated heterocycles. The summed E-state index contributed by atoms with van der Waals surface area (Å²) < 4.78 is 26.0. The van der Waals surface area contributed by atoms with Crippen LogP contribution in [0, 0.1) is 11.7 Å². The van der Waals surface area contributed by atoms with Crippen LogP contribution in [0.4, 0.5) is 4.39 Å². The number of benzene rings is 3. The number of ketones is 1. The van der Waals surface area contributed by atoms with E-state index >= 15 is 0 Å². The largest absolute Gasteiger partial charge is 0.491 e. The van der Waals surface area contributed by atoms with Crippen molar-refractivity contribution in [3.63, 3.8) is 0 Å². The number of aryl methyl sites for hydroxylation is 2. The predicted octanol–water partition coefficient (Wildman–Crippen LogP) is 6.00. The van der Waals surface area contributed by atoms with Gasteiger partial charge < -0.3 is 19.7 Å². The van der Waals surface area contributed by atoms with Crippen LogP contribution in [0.15, 0.2) is 78.9 Å². The summed E-state index contributed by atoms with van der Waals surface area (Å²) in [7, 11) is 0. The highest BCUT2D eigenvalue weighted by molar-refractivity contribution is 5.91. The summed E-state index contributed by atoms with van der Waals surface area (Å²) in [6.07, 6.45) is 4.22. The fourth-order valence-electron chi connectivity index (χ4n) is 6.32. The first kappa shape index (κ1) is 32.4. The molecule has 45 heavy (non-hydrogen) atoms. The molecule has 238 valence electrons. The number of nitrogens with one attached hydrogen (secondary N) is 1. The van der Waals surface area contributed by atoms with Gasteiger partial charge in [-0.1, -0.05) is 60.7 Å². The fraction of sp³-hybridized carbons (Fsp3) is 0.432. The van der Waals surface area contributed by atoms with Crippen molar-refractivity contribution in [1.29, 1.82) is 0 Å². The summed E-state index contributed by atoms with van der Waals surface area (Å²) in [6, 6.07) is 23.9. The van der Waals surface area contributed by atoms with Gasteiger partial charge in [-0.05, 0) is 73.4 Å². The van der Waals surface area contributed by atoms with Crippen molar-refractivity contribution in [3.8, 4) is 5.75 Å². The highest BCUT2D eigenvalue weighted by Gasteiger charge is 2.34. The SMILES string of the molecule is O=C1CCc2cccc(c2)OCCOC[C@@H](CCCc2ccccc2F)NC(=O)[C@H](CC(=O)N2CCC[C@@H]2c2ccccc2)C1. The molecule has 7 nitrogen and oxygen atoms in total. The molecule has 8 heteroatoms. The Morgan fingerprint density at radius 2 is 1.78 bits per heavy atom. The van der Waals surface area contributed by atoms with E-state index in [-0.39, 0.29) is 61.4 Å². The van der Waals surface area contributed by atoms with Gasteiger partial charge in [0.1, 0.15) is 24.0 Å². The minimum absolute atomic E-state index is 0.0135. The summed E-state index contributed by atoms with van der Waals surface area (Å²) in [6.45, 7) is 1.54. The van der Waals surface area contributed by atoms with Crippen LogP contribution < -0.4 is 10.1 Å². The van der Waals surface area contributed by atoms with E-state index in [1.54, 1.807) is 12.1 Å². The molecule has 5 rings (SSSR count). The number of likely N-dealkylation sites (tertiary alicyclic amines) is 1. The van der Waals surface area contributed by atoms with Gasteiger partial charge in [0.2, 0.25) is 11.8 Å². The van der Waals surface area contributed by atoms with Gasteiger partial charge in [-0.25, -0.2) is 4.39 Å². The molecule has 2 bridgehead atoms. The number of halogens is 1. The molecule has 0 aromatic heterocycles. The maximum absolute atomic E-state index is 14.2. The maximum atomic E-state index is 14.2. The van der Waals surface area contributed by atoms with E-state index in [1.165, 1.54) is 6.07 Å². The Hall–Kier alpha value is -4.04. The van der Waals surface area contributed by atoms with E-state index in [0.717, 1.165) is 24.0 Å². The van der Waals surface area contributed by atoms with Crippen molar-refractivity contribution in [2.45, 2.75) is 69.9 Å². The number of carbonyl (C=O) groups excluding carboxylic acids is 3. The summed E-state index contributed by atoms with van der Waals surface area (Å²) in [5.74, 6) is -0.816. The van der Waals surface area contributed by atoms with Gasteiger partial charge in [0.15, 0.2) is 0 Å². The molecule has 2 amide bonds. The van der Waals surface area contributed by atoms with Crippen molar-refractivity contribution in [2.24, 2.45) is 5.92 Å². The number of fused-ring (bicyclic) bond motifs is 2. The highest BCUT2D eigenvalue weighted by Crippen LogP contribution is 2.33. The van der Waals surface area contributed by atoms with Crippen LogP contribution in [0.3, 0.4) is 0 Å². The van der Waals surface area contributed by atoms with Crippen LogP contribution in [-0.4, -0.2) is 54.9 Å². The summed E-state index contributed by atoms with van der Waals surface area (Å²) in [5, 5.41) is 3.09. The zero-order valence-corrected chi connectivity index (χ0v) is 25.8. The first-order chi connectivity index (χ1) is 22.0. The molecule has 1 fully saturated rings. The lowest BCUT2D eigenvalue weighted by atomic mass is 9.93. The lowest BCUT2D eigenvalue weighted by Crippen LogP contribution is -2.44. The Morgan fingerprint density at radius 3 is 2.62 bits per heavy atom. The summed E-state index contributed by atoms with van der Waals surface area (Å²) >= 11 is 0. The second-order valence-corrected chi connectivity index (χ2v) is 12.1. The third-order valence-electron chi connectivity index (χ3n) is 8.73. The average molecular weight is 615 g/mol. The molecule has 0 spiro atoms. The molecule has 3 atom stereocenters. The normalized spacial score (nSPS) is 21.6. The minimum Gasteiger partial charge on any atom is -0.491 e. The third-order valence-corrected chi connectivity index (χ3v) is 8.73. The van der Waals surface area contributed by atoms with E-state index < -0.39 is 5.92 Å². The van der Waals surface area contributed by atoms with E-state index in [9.17, 15) is 18.8 Å². The first-order valence-corrected chi connectivity index (χ1v) is 16.2. The van der Waals surface area contributed by atoms with Crippen LogP contribution in [0.2, 0.25) is 0 Å². The van der Waals surface area contributed by atoms with Crippen LogP contribution in [0.1, 0.15) is 67.7 Å². The molecule has 3 aromatic carbocycles. The Kier molecular flexibility index (Phi) is 11.7. The number of hydrogen-bond donors (Lipinski definition) is 1. The fourth-order valence-corrected chi connectivity index (χ4v) is 6.32. The number of rotatable bonds is 7. The number of amides is 2. The number of carbonyl (C=O) groups is 3. The average Bonchev–Trinajstić information content (AvgIpc) is 3.55. The van der Waals surface area contributed by atoms with Crippen LogP contribution in [0.5, 0.6) is 5.75 Å². The van der Waals surface area contributed by atoms with Crippen molar-refractivity contribution in [3.05, 3.63) is 101 Å². The minimum atomic E-state index is -0.793. The Morgan fingerprint density at radius 1 is 0.956 bits per heavy atom. The van der Waals surface area contributed by atoms with Crippen LogP contribution in [0.25, 0.3) is 0 Å². The molecule has 0 radical (unpaired) electrons. The zero-order valence-electron chi connectivity index (χ0n) is 25.8. The molecule has 2 aliphatic rings. The van der Waals surface area contributed by atoms with Gasteiger partial charge in [0, 0.05) is 25.8 Å². The smallest absolute Gasteiger partial charge is 0.224 e. The van der Waals surface area contributed by atoms with E-state index in [1.807, 2.05) is 65.6 Å². The van der Waals surface area contributed by atoms with Gasteiger partial charge in [0.25, 0.3) is 0 Å². The monoisotopic (exact) mass is 614 g/mol. The van der Waals surface area contributed by atoms with Crippen molar-refractivity contribution in [1.82, 2.24) is 10.2 Å². The second-order valence-electron chi connectivity index (χ2n) is 12.1. The molecule has 2 aliphatic heterocycles. The molecule has 1 N–H and O–H groups in total. The molecular weight excluding hydrogens is 571 g/mol. The molecule has 3 aromatic rings. The Balaban J connectivity index is 1.31. The van der Waals surface area contributed by atoms with Gasteiger partial charge in [0.05, 0.1) is 31.2 Å². The number of nitrogens with zero attached hydrogens (tertiary/aromatic N) is 1. The standard InChI is InChI=1S/C37H43FN2O5/c38-34-16-5-4-10-28(34)13-7-14-31-26-44-21-22-45-33-15-6-9-27(23-33)18-19-32(41)24-30(37(43)39-31)25-36(42)40-20-8-17-35(40)29-11-2-1-3-12-29/h1-6,9-12,15-16,23,30-31,35H,7-8,13-14,17-22,24-26H2,(H,39,43)/t30-,31+,35+/m0/s1. The van der Waals surface area contributed by atoms with E-state index in [4.69, 9.17) is 9.47 Å². The molecular formula is C37H43FN2O5. The van der Waals surface area contributed by atoms with E-state index in [2.05, 4.69) is 5.32 Å². The van der Waals surface area contributed by atoms with Crippen LogP contribution >= 0.6 is 0 Å². The highest BCUT2D eigenvalue weighted by atomic mass is 19.1. The second kappa shape index (κ2) is 16.3. The molecule has 0 unspecified atom stereocenters. The summed E-state index contributed by atoms with van der Waals surface area (Å²) in [4.78, 5) is 42.7. The number of Topliss-reactive ketones (excluding diaryl/α,β-unsaturated/α-hetero) is 1. The van der Waals surface area contributed by atoms with Crippen molar-refractivity contribution >= 4 is 17.6 Å². The van der Waals surface area contributed by atoms with Crippen molar-refractivity contribution < 1.29 is 28.2 Å². The zero-order chi connectivity index (χ0) is 31.4. The number of ether oxygens (including phenoxy) is 2. The Bertz CT molecular complexity index is 1430. The first-order valence-electron chi connectivity index (χ1n) is 16.2. The van der Waals surface area contributed by atoms with Gasteiger partial charge in [-0.3, -0.25) is 14.4 Å². The lowest BCUT2D eigenvalue weighted by molar-refractivity contribution is -0.138. The molecule has 0 aliphatic carbocycles. The van der Waals surface area contributed by atoms with E-state index in [0.29, 0.717) is 56.8 Å². The Labute approximate surface area is 265 Å². The van der Waals surface area contributed by atoms with Crippen LogP contribution in [-0.2, 0) is 32.0 Å². The topological polar surface area (TPSA) is 84.9 Å². The summed E-state index contributed by atoms with van der Waals surface area (Å²) in [5.41, 5.74) is 2.69. The van der Waals surface area contributed by atoms with Gasteiger partial charge in [-0.2, -0.15) is 0 Å². The maximum Gasteiger partial charge on any atom is 0.224 e. The molecule has 0 saturated carbocycles. The van der Waals surface area contributed by atoms with Gasteiger partial charge >= 0.3 is 0 Å². The van der Waals surface area contributed by atoms with Gasteiger partial charge in [-0.15, -0.1) is 0 Å². The quantitative estimate of drug-likeness (QED) is 0.353. The number of hydrogen-bond acceptors (Lipinski definition) is 5. The molecule has 2 heterocycles.